The largest absolute Gasteiger partial charge is 0.493 e. The van der Waals surface area contributed by atoms with E-state index in [-0.39, 0.29) is 11.5 Å². The lowest BCUT2D eigenvalue weighted by Crippen LogP contribution is -2.03. The average Bonchev–Trinajstić information content (AvgIpc) is 3.33. The van der Waals surface area contributed by atoms with Gasteiger partial charge in [-0.1, -0.05) is 12.1 Å². The fourth-order valence-electron chi connectivity index (χ4n) is 2.90. The van der Waals surface area contributed by atoms with E-state index in [2.05, 4.69) is 14.3 Å². The van der Waals surface area contributed by atoms with Gasteiger partial charge in [-0.3, -0.25) is 0 Å². The predicted octanol–water partition coefficient (Wildman–Crippen LogP) is 4.65. The first kappa shape index (κ1) is 14.9. The second-order valence-electron chi connectivity index (χ2n) is 5.83. The zero-order chi connectivity index (χ0) is 16.7. The van der Waals surface area contributed by atoms with Crippen LogP contribution < -0.4 is 9.47 Å². The number of aromatic nitrogens is 2. The number of alkyl halides is 2. The average molecular weight is 330 g/mol. The molecule has 4 nitrogen and oxygen atoms in total. The van der Waals surface area contributed by atoms with Crippen molar-refractivity contribution in [1.29, 1.82) is 0 Å². The van der Waals surface area contributed by atoms with Gasteiger partial charge in [0, 0.05) is 6.04 Å². The molecule has 4 rings (SSSR count). The van der Waals surface area contributed by atoms with Gasteiger partial charge in [0.15, 0.2) is 11.5 Å². The third kappa shape index (κ3) is 2.68. The zero-order valence-electron chi connectivity index (χ0n) is 13.1. The predicted molar refractivity (Wildman–Crippen MR) is 86.6 cm³/mol. The van der Waals surface area contributed by atoms with E-state index < -0.39 is 6.61 Å². The lowest BCUT2D eigenvalue weighted by atomic mass is 10.0. The molecule has 1 aliphatic rings. The maximum Gasteiger partial charge on any atom is 0.387 e. The van der Waals surface area contributed by atoms with Gasteiger partial charge in [0.25, 0.3) is 0 Å². The van der Waals surface area contributed by atoms with Crippen LogP contribution in [-0.2, 0) is 0 Å². The van der Waals surface area contributed by atoms with Crippen molar-refractivity contribution in [2.75, 3.05) is 7.11 Å². The number of methoxy groups -OCH3 is 1. The van der Waals surface area contributed by atoms with Gasteiger partial charge >= 0.3 is 6.61 Å². The van der Waals surface area contributed by atoms with E-state index >= 15 is 0 Å². The molecule has 1 aromatic heterocycles. The van der Waals surface area contributed by atoms with Gasteiger partial charge in [-0.25, -0.2) is 4.98 Å². The minimum atomic E-state index is -2.88. The van der Waals surface area contributed by atoms with E-state index in [1.807, 2.05) is 24.5 Å². The summed E-state index contributed by atoms with van der Waals surface area (Å²) in [4.78, 5) is 4.47. The molecule has 1 saturated carbocycles. The van der Waals surface area contributed by atoms with Crippen molar-refractivity contribution in [3.8, 4) is 22.6 Å². The highest BCUT2D eigenvalue weighted by Crippen LogP contribution is 2.38. The highest BCUT2D eigenvalue weighted by atomic mass is 19.3. The number of benzene rings is 2. The molecule has 1 fully saturated rings. The van der Waals surface area contributed by atoms with Gasteiger partial charge in [0.1, 0.15) is 0 Å². The van der Waals surface area contributed by atoms with Crippen molar-refractivity contribution in [2.24, 2.45) is 0 Å². The van der Waals surface area contributed by atoms with E-state index in [4.69, 9.17) is 4.74 Å². The van der Waals surface area contributed by atoms with Crippen LogP contribution in [0.15, 0.2) is 42.7 Å². The van der Waals surface area contributed by atoms with Crippen LogP contribution in [0.4, 0.5) is 8.78 Å². The summed E-state index contributed by atoms with van der Waals surface area (Å²) < 4.78 is 36.7. The Kier molecular flexibility index (Phi) is 3.59. The summed E-state index contributed by atoms with van der Waals surface area (Å²) in [5.41, 5.74) is 3.85. The Morgan fingerprint density at radius 3 is 2.54 bits per heavy atom. The maximum absolute atomic E-state index is 12.4. The van der Waals surface area contributed by atoms with E-state index in [0.717, 1.165) is 22.2 Å². The van der Waals surface area contributed by atoms with Crippen molar-refractivity contribution in [1.82, 2.24) is 9.55 Å². The molecule has 24 heavy (non-hydrogen) atoms. The van der Waals surface area contributed by atoms with E-state index in [1.165, 1.54) is 26.0 Å². The van der Waals surface area contributed by atoms with Gasteiger partial charge < -0.3 is 14.0 Å². The van der Waals surface area contributed by atoms with Crippen LogP contribution in [0.5, 0.6) is 11.5 Å². The van der Waals surface area contributed by atoms with Crippen molar-refractivity contribution in [3.63, 3.8) is 0 Å². The van der Waals surface area contributed by atoms with Gasteiger partial charge in [0.05, 0.1) is 24.5 Å². The first-order valence-corrected chi connectivity index (χ1v) is 7.75. The monoisotopic (exact) mass is 330 g/mol. The van der Waals surface area contributed by atoms with Gasteiger partial charge in [-0.05, 0) is 48.2 Å². The Bertz CT molecular complexity index is 888. The number of hydrogen-bond acceptors (Lipinski definition) is 3. The minimum Gasteiger partial charge on any atom is -0.493 e. The first-order chi connectivity index (χ1) is 11.7. The van der Waals surface area contributed by atoms with Crippen LogP contribution in [0.1, 0.15) is 18.9 Å². The molecule has 0 atom stereocenters. The number of fused-ring (bicyclic) bond motifs is 1. The Hall–Kier alpha value is -2.63. The summed E-state index contributed by atoms with van der Waals surface area (Å²) in [7, 11) is 1.43. The Labute approximate surface area is 137 Å². The van der Waals surface area contributed by atoms with E-state index in [9.17, 15) is 8.78 Å². The lowest BCUT2D eigenvalue weighted by Gasteiger charge is -2.11. The number of halogens is 2. The summed E-state index contributed by atoms with van der Waals surface area (Å²) in [5.74, 6) is 0.298. The third-order valence-corrected chi connectivity index (χ3v) is 4.23. The topological polar surface area (TPSA) is 36.3 Å². The molecule has 124 valence electrons. The Morgan fingerprint density at radius 1 is 1.08 bits per heavy atom. The standard InChI is InChI=1S/C18H16F2N2O2/c1-23-17-9-12(3-7-16(17)24-18(19)20)11-2-6-15-14(8-11)21-10-22(15)13-4-5-13/h2-3,6-10,13,18H,4-5H2,1H3. The summed E-state index contributed by atoms with van der Waals surface area (Å²) in [6.45, 7) is -2.88. The molecule has 0 unspecified atom stereocenters. The molecule has 0 spiro atoms. The van der Waals surface area contributed by atoms with Crippen LogP contribution in [0.2, 0.25) is 0 Å². The zero-order valence-corrected chi connectivity index (χ0v) is 13.1. The Morgan fingerprint density at radius 2 is 1.83 bits per heavy atom. The number of hydrogen-bond donors (Lipinski definition) is 0. The highest BCUT2D eigenvalue weighted by molar-refractivity contribution is 5.82. The summed E-state index contributed by atoms with van der Waals surface area (Å²) in [6, 6.07) is 11.5. The second kappa shape index (κ2) is 5.78. The van der Waals surface area contributed by atoms with Crippen molar-refractivity contribution >= 4 is 11.0 Å². The van der Waals surface area contributed by atoms with Crippen LogP contribution in [-0.4, -0.2) is 23.3 Å². The quantitative estimate of drug-likeness (QED) is 0.683. The smallest absolute Gasteiger partial charge is 0.387 e. The Balaban J connectivity index is 1.71. The van der Waals surface area contributed by atoms with Crippen molar-refractivity contribution in [3.05, 3.63) is 42.7 Å². The maximum atomic E-state index is 12.4. The molecule has 2 aromatic carbocycles. The normalized spacial score (nSPS) is 14.3. The van der Waals surface area contributed by atoms with E-state index in [1.54, 1.807) is 12.1 Å². The molecule has 0 bridgehead atoms. The van der Waals surface area contributed by atoms with Crippen molar-refractivity contribution < 1.29 is 18.3 Å². The summed E-state index contributed by atoms with van der Waals surface area (Å²) in [5, 5.41) is 0. The van der Waals surface area contributed by atoms with Crippen molar-refractivity contribution in [2.45, 2.75) is 25.5 Å². The van der Waals surface area contributed by atoms with Gasteiger partial charge in [0.2, 0.25) is 0 Å². The molecule has 0 amide bonds. The fraction of sp³-hybridized carbons (Fsp3) is 0.278. The molecular formula is C18H16F2N2O2. The van der Waals surface area contributed by atoms with E-state index in [0.29, 0.717) is 6.04 Å². The van der Waals surface area contributed by atoms with Crippen LogP contribution in [0.25, 0.3) is 22.2 Å². The third-order valence-electron chi connectivity index (χ3n) is 4.23. The molecule has 1 aliphatic carbocycles. The van der Waals surface area contributed by atoms with Crippen LogP contribution in [0.3, 0.4) is 0 Å². The number of rotatable bonds is 5. The number of nitrogens with zero attached hydrogens (tertiary/aromatic N) is 2. The highest BCUT2D eigenvalue weighted by Gasteiger charge is 2.24. The molecule has 0 radical (unpaired) electrons. The summed E-state index contributed by atoms with van der Waals surface area (Å²) >= 11 is 0. The minimum absolute atomic E-state index is 0.0235. The van der Waals surface area contributed by atoms with Crippen LogP contribution >= 0.6 is 0 Å². The molecular weight excluding hydrogens is 314 g/mol. The second-order valence-corrected chi connectivity index (χ2v) is 5.83. The number of ether oxygens (including phenoxy) is 2. The fourth-order valence-corrected chi connectivity index (χ4v) is 2.90. The van der Waals surface area contributed by atoms with Crippen LogP contribution in [0, 0.1) is 0 Å². The number of imidazole rings is 1. The molecule has 0 aliphatic heterocycles. The molecule has 6 heteroatoms. The SMILES string of the molecule is COc1cc(-c2ccc3c(c2)ncn3C2CC2)ccc1OC(F)F. The summed E-state index contributed by atoms with van der Waals surface area (Å²) in [6.07, 6.45) is 4.29. The molecule has 1 heterocycles. The molecule has 3 aromatic rings. The molecule has 0 N–H and O–H groups in total. The molecule has 0 saturated heterocycles. The first-order valence-electron chi connectivity index (χ1n) is 7.75. The van der Waals surface area contributed by atoms with Gasteiger partial charge in [-0.2, -0.15) is 8.78 Å². The van der Waals surface area contributed by atoms with Gasteiger partial charge in [-0.15, -0.1) is 0 Å². The lowest BCUT2D eigenvalue weighted by molar-refractivity contribution is -0.0512.